The Hall–Kier alpha value is -0.970. The van der Waals surface area contributed by atoms with Gasteiger partial charge >= 0.3 is 5.97 Å². The summed E-state index contributed by atoms with van der Waals surface area (Å²) in [7, 11) is 0. The van der Waals surface area contributed by atoms with Crippen LogP contribution in [-0.2, 0) is 17.8 Å². The largest absolute Gasteiger partial charge is 0.481 e. The highest BCUT2D eigenvalue weighted by molar-refractivity contribution is 7.99. The molecular formula is C14H20N2O2S. The number of aromatic nitrogens is 2. The molecule has 1 aromatic rings. The predicted octanol–water partition coefficient (Wildman–Crippen LogP) is 2.67. The summed E-state index contributed by atoms with van der Waals surface area (Å²) in [6, 6.07) is 0. The normalized spacial score (nSPS) is 26.9. The van der Waals surface area contributed by atoms with Crippen molar-refractivity contribution in [2.24, 2.45) is 0 Å². The SMILES string of the molecule is O=C(O)C1CCCn2c1cnc2CC1CCCCS1. The molecule has 0 saturated carbocycles. The van der Waals surface area contributed by atoms with Gasteiger partial charge in [-0.05, 0) is 31.4 Å². The van der Waals surface area contributed by atoms with Crippen LogP contribution in [0.2, 0.25) is 0 Å². The van der Waals surface area contributed by atoms with Crippen molar-refractivity contribution in [3.8, 4) is 0 Å². The summed E-state index contributed by atoms with van der Waals surface area (Å²) in [4.78, 5) is 15.8. The molecule has 104 valence electrons. The first kappa shape index (κ1) is 13.0. The minimum atomic E-state index is -0.709. The zero-order valence-corrected chi connectivity index (χ0v) is 11.9. The Morgan fingerprint density at radius 3 is 3.05 bits per heavy atom. The second-order valence-corrected chi connectivity index (χ2v) is 6.88. The number of carboxylic acids is 1. The van der Waals surface area contributed by atoms with E-state index in [1.807, 2.05) is 11.8 Å². The molecule has 2 aliphatic rings. The molecule has 0 aromatic carbocycles. The molecule has 2 unspecified atom stereocenters. The number of hydrogen-bond acceptors (Lipinski definition) is 3. The molecule has 19 heavy (non-hydrogen) atoms. The third kappa shape index (κ3) is 2.66. The van der Waals surface area contributed by atoms with E-state index in [4.69, 9.17) is 0 Å². The average molecular weight is 280 g/mol. The number of rotatable bonds is 3. The molecule has 2 atom stereocenters. The molecule has 3 heterocycles. The van der Waals surface area contributed by atoms with E-state index < -0.39 is 5.97 Å². The molecule has 1 aromatic heterocycles. The molecule has 2 aliphatic heterocycles. The Bertz CT molecular complexity index is 466. The highest BCUT2D eigenvalue weighted by atomic mass is 32.2. The standard InChI is InChI=1S/C14H20N2O2S/c17-14(18)11-5-3-6-16-12(11)9-15-13(16)8-10-4-1-2-7-19-10/h9-11H,1-8H2,(H,17,18). The lowest BCUT2D eigenvalue weighted by Crippen LogP contribution is -2.24. The first-order valence-corrected chi connectivity index (χ1v) is 8.19. The van der Waals surface area contributed by atoms with Crippen molar-refractivity contribution in [1.82, 2.24) is 9.55 Å². The molecule has 1 fully saturated rings. The fourth-order valence-electron chi connectivity index (χ4n) is 3.15. The summed E-state index contributed by atoms with van der Waals surface area (Å²) in [5.74, 6) is 1.30. The summed E-state index contributed by atoms with van der Waals surface area (Å²) in [5, 5.41) is 9.94. The minimum absolute atomic E-state index is 0.353. The van der Waals surface area contributed by atoms with Crippen LogP contribution in [0, 0.1) is 0 Å². The van der Waals surface area contributed by atoms with E-state index in [1.165, 1.54) is 25.0 Å². The fourth-order valence-corrected chi connectivity index (χ4v) is 4.46. The smallest absolute Gasteiger partial charge is 0.312 e. The van der Waals surface area contributed by atoms with Gasteiger partial charge in [0.2, 0.25) is 0 Å². The van der Waals surface area contributed by atoms with E-state index in [-0.39, 0.29) is 5.92 Å². The van der Waals surface area contributed by atoms with E-state index in [2.05, 4.69) is 9.55 Å². The Morgan fingerprint density at radius 2 is 2.32 bits per heavy atom. The molecule has 0 amide bonds. The van der Waals surface area contributed by atoms with Crippen molar-refractivity contribution >= 4 is 17.7 Å². The van der Waals surface area contributed by atoms with Gasteiger partial charge in [0.25, 0.3) is 0 Å². The maximum Gasteiger partial charge on any atom is 0.312 e. The van der Waals surface area contributed by atoms with Crippen LogP contribution < -0.4 is 0 Å². The van der Waals surface area contributed by atoms with Crippen LogP contribution in [0.5, 0.6) is 0 Å². The predicted molar refractivity (Wildman–Crippen MR) is 75.6 cm³/mol. The van der Waals surface area contributed by atoms with E-state index in [0.29, 0.717) is 5.25 Å². The van der Waals surface area contributed by atoms with Crippen molar-refractivity contribution in [2.75, 3.05) is 5.75 Å². The van der Waals surface area contributed by atoms with Crippen LogP contribution in [-0.4, -0.2) is 31.6 Å². The number of aliphatic carboxylic acids is 1. The van der Waals surface area contributed by atoms with E-state index in [1.54, 1.807) is 6.20 Å². The molecule has 5 heteroatoms. The third-order valence-electron chi connectivity index (χ3n) is 4.18. The minimum Gasteiger partial charge on any atom is -0.481 e. The molecule has 0 spiro atoms. The molecule has 3 rings (SSSR count). The Morgan fingerprint density at radius 1 is 1.42 bits per heavy atom. The second-order valence-electron chi connectivity index (χ2n) is 5.48. The number of nitrogens with zero attached hydrogens (tertiary/aromatic N) is 2. The van der Waals surface area contributed by atoms with Crippen molar-refractivity contribution in [3.05, 3.63) is 17.7 Å². The lowest BCUT2D eigenvalue weighted by atomic mass is 9.96. The van der Waals surface area contributed by atoms with Crippen molar-refractivity contribution in [1.29, 1.82) is 0 Å². The molecule has 0 aliphatic carbocycles. The maximum atomic E-state index is 11.3. The number of fused-ring (bicyclic) bond motifs is 1. The average Bonchev–Trinajstić information content (AvgIpc) is 2.83. The fraction of sp³-hybridized carbons (Fsp3) is 0.714. The summed E-state index contributed by atoms with van der Waals surface area (Å²) in [5.41, 5.74) is 0.912. The second kappa shape index (κ2) is 5.57. The highest BCUT2D eigenvalue weighted by Gasteiger charge is 2.29. The lowest BCUT2D eigenvalue weighted by Gasteiger charge is -2.25. The van der Waals surface area contributed by atoms with Crippen molar-refractivity contribution in [2.45, 2.75) is 56.2 Å². The van der Waals surface area contributed by atoms with Gasteiger partial charge in [0.1, 0.15) is 5.82 Å². The van der Waals surface area contributed by atoms with Gasteiger partial charge in [-0.25, -0.2) is 4.98 Å². The summed E-state index contributed by atoms with van der Waals surface area (Å²) in [6.45, 7) is 0.936. The van der Waals surface area contributed by atoms with E-state index in [0.717, 1.165) is 37.3 Å². The Balaban J connectivity index is 1.78. The summed E-state index contributed by atoms with van der Waals surface area (Å²) in [6.07, 6.45) is 8.42. The monoisotopic (exact) mass is 280 g/mol. The quantitative estimate of drug-likeness (QED) is 0.925. The molecular weight excluding hydrogens is 260 g/mol. The van der Waals surface area contributed by atoms with Crippen molar-refractivity contribution < 1.29 is 9.90 Å². The third-order valence-corrected chi connectivity index (χ3v) is 5.58. The van der Waals surface area contributed by atoms with Gasteiger partial charge in [0.15, 0.2) is 0 Å². The van der Waals surface area contributed by atoms with Gasteiger partial charge in [-0.1, -0.05) is 6.42 Å². The van der Waals surface area contributed by atoms with Crippen LogP contribution in [0.4, 0.5) is 0 Å². The molecule has 1 saturated heterocycles. The lowest BCUT2D eigenvalue weighted by molar-refractivity contribution is -0.139. The zero-order valence-electron chi connectivity index (χ0n) is 11.0. The van der Waals surface area contributed by atoms with Gasteiger partial charge < -0.3 is 9.67 Å². The van der Waals surface area contributed by atoms with Crippen LogP contribution in [0.25, 0.3) is 0 Å². The maximum absolute atomic E-state index is 11.3. The van der Waals surface area contributed by atoms with Gasteiger partial charge in [0, 0.05) is 24.4 Å². The molecule has 1 N–H and O–H groups in total. The summed E-state index contributed by atoms with van der Waals surface area (Å²) >= 11 is 2.05. The zero-order chi connectivity index (χ0) is 13.2. The number of carboxylic acid groups (broad SMARTS) is 1. The first-order chi connectivity index (χ1) is 9.25. The Labute approximate surface area is 117 Å². The number of thioether (sulfide) groups is 1. The topological polar surface area (TPSA) is 55.1 Å². The molecule has 0 radical (unpaired) electrons. The van der Waals surface area contributed by atoms with Gasteiger partial charge in [-0.15, -0.1) is 0 Å². The van der Waals surface area contributed by atoms with Crippen LogP contribution in [0.3, 0.4) is 0 Å². The van der Waals surface area contributed by atoms with Crippen LogP contribution in [0.1, 0.15) is 49.5 Å². The number of imidazole rings is 1. The van der Waals surface area contributed by atoms with Gasteiger partial charge in [0.05, 0.1) is 11.6 Å². The molecule has 0 bridgehead atoms. The molecule has 4 nitrogen and oxygen atoms in total. The first-order valence-electron chi connectivity index (χ1n) is 7.14. The van der Waals surface area contributed by atoms with Crippen molar-refractivity contribution in [3.63, 3.8) is 0 Å². The van der Waals surface area contributed by atoms with E-state index in [9.17, 15) is 9.90 Å². The van der Waals surface area contributed by atoms with E-state index >= 15 is 0 Å². The van der Waals surface area contributed by atoms with Gasteiger partial charge in [-0.2, -0.15) is 11.8 Å². The van der Waals surface area contributed by atoms with Crippen LogP contribution >= 0.6 is 11.8 Å². The number of hydrogen-bond donors (Lipinski definition) is 1. The Kier molecular flexibility index (Phi) is 3.82. The summed E-state index contributed by atoms with van der Waals surface area (Å²) < 4.78 is 2.16. The van der Waals surface area contributed by atoms with Gasteiger partial charge in [-0.3, -0.25) is 4.79 Å². The van der Waals surface area contributed by atoms with Crippen LogP contribution in [0.15, 0.2) is 6.20 Å². The highest BCUT2D eigenvalue weighted by Crippen LogP contribution is 2.31. The number of carbonyl (C=O) groups is 1.